The maximum absolute atomic E-state index is 12.5. The zero-order valence-corrected chi connectivity index (χ0v) is 17.4. The minimum atomic E-state index is -0.348. The normalized spacial score (nSPS) is 11.7. The van der Waals surface area contributed by atoms with E-state index in [1.807, 2.05) is 48.7 Å². The first-order chi connectivity index (χ1) is 13.5. The molecule has 0 saturated carbocycles. The molecule has 146 valence electrons. The highest BCUT2D eigenvalue weighted by Gasteiger charge is 2.19. The number of carbonyl (C=O) groups is 2. The SMILES string of the molecule is COc1ccc(-c2nc(NC(=O)CC(NC(C)=O)c3cccs3)sc2C)cc1. The summed E-state index contributed by atoms with van der Waals surface area (Å²) in [5, 5.41) is 8.16. The summed E-state index contributed by atoms with van der Waals surface area (Å²) in [6, 6.07) is 11.1. The fourth-order valence-corrected chi connectivity index (χ4v) is 4.41. The lowest BCUT2D eigenvalue weighted by atomic mass is 10.1. The Morgan fingerprint density at radius 2 is 1.96 bits per heavy atom. The molecule has 3 rings (SSSR count). The monoisotopic (exact) mass is 415 g/mol. The number of hydrogen-bond donors (Lipinski definition) is 2. The van der Waals surface area contributed by atoms with Crippen molar-refractivity contribution in [2.75, 3.05) is 12.4 Å². The van der Waals surface area contributed by atoms with Gasteiger partial charge in [-0.3, -0.25) is 9.59 Å². The van der Waals surface area contributed by atoms with Gasteiger partial charge in [-0.1, -0.05) is 6.07 Å². The van der Waals surface area contributed by atoms with E-state index in [0.29, 0.717) is 5.13 Å². The van der Waals surface area contributed by atoms with Crippen molar-refractivity contribution in [1.29, 1.82) is 0 Å². The van der Waals surface area contributed by atoms with Crippen LogP contribution in [0.4, 0.5) is 5.13 Å². The summed E-state index contributed by atoms with van der Waals surface area (Å²) in [5.74, 6) is 0.419. The predicted octanol–water partition coefficient (Wildman–Crippen LogP) is 4.39. The zero-order chi connectivity index (χ0) is 20.1. The lowest BCUT2D eigenvalue weighted by Gasteiger charge is -2.15. The summed E-state index contributed by atoms with van der Waals surface area (Å²) in [6.45, 7) is 3.42. The Bertz CT molecular complexity index is 950. The first-order valence-corrected chi connectivity index (χ1v) is 10.4. The number of rotatable bonds is 7. The first kappa shape index (κ1) is 20.0. The first-order valence-electron chi connectivity index (χ1n) is 8.68. The van der Waals surface area contributed by atoms with Crippen molar-refractivity contribution in [1.82, 2.24) is 10.3 Å². The zero-order valence-electron chi connectivity index (χ0n) is 15.8. The van der Waals surface area contributed by atoms with Crippen LogP contribution >= 0.6 is 22.7 Å². The number of thiophene rings is 1. The summed E-state index contributed by atoms with van der Waals surface area (Å²) in [4.78, 5) is 30.5. The highest BCUT2D eigenvalue weighted by molar-refractivity contribution is 7.16. The third kappa shape index (κ3) is 4.96. The molecule has 0 fully saturated rings. The van der Waals surface area contributed by atoms with Crippen LogP contribution < -0.4 is 15.4 Å². The van der Waals surface area contributed by atoms with E-state index in [1.165, 1.54) is 29.6 Å². The van der Waals surface area contributed by atoms with Crippen LogP contribution in [0.15, 0.2) is 41.8 Å². The number of thiazole rings is 1. The van der Waals surface area contributed by atoms with Crippen molar-refractivity contribution in [2.24, 2.45) is 0 Å². The Morgan fingerprint density at radius 1 is 1.21 bits per heavy atom. The second-order valence-corrected chi connectivity index (χ2v) is 8.36. The van der Waals surface area contributed by atoms with Gasteiger partial charge in [-0.15, -0.1) is 22.7 Å². The number of aryl methyl sites for hydroxylation is 1. The van der Waals surface area contributed by atoms with Crippen LogP contribution in [0.3, 0.4) is 0 Å². The summed E-state index contributed by atoms with van der Waals surface area (Å²) in [5.41, 5.74) is 1.80. The molecule has 6 nitrogen and oxygen atoms in total. The molecule has 28 heavy (non-hydrogen) atoms. The summed E-state index contributed by atoms with van der Waals surface area (Å²) in [7, 11) is 1.63. The molecule has 2 heterocycles. The second kappa shape index (κ2) is 8.99. The van der Waals surface area contributed by atoms with Gasteiger partial charge in [0, 0.05) is 22.2 Å². The summed E-state index contributed by atoms with van der Waals surface area (Å²) >= 11 is 2.94. The standard InChI is InChI=1S/C20H21N3O3S2/c1-12-19(14-6-8-15(26-3)9-7-14)23-20(28-12)22-18(25)11-16(21-13(2)24)17-5-4-10-27-17/h4-10,16H,11H2,1-3H3,(H,21,24)(H,22,23,25). The topological polar surface area (TPSA) is 80.3 Å². The minimum Gasteiger partial charge on any atom is -0.497 e. The fourth-order valence-electron chi connectivity index (χ4n) is 2.78. The number of hydrogen-bond acceptors (Lipinski definition) is 6. The molecule has 0 radical (unpaired) electrons. The minimum absolute atomic E-state index is 0.149. The average molecular weight is 416 g/mol. The molecule has 0 aliphatic heterocycles. The molecule has 2 amide bonds. The molecule has 2 aromatic heterocycles. The molecule has 3 aromatic rings. The molecular formula is C20H21N3O3S2. The van der Waals surface area contributed by atoms with Gasteiger partial charge < -0.3 is 15.4 Å². The Hall–Kier alpha value is -2.71. The van der Waals surface area contributed by atoms with Crippen LogP contribution in [-0.4, -0.2) is 23.9 Å². The van der Waals surface area contributed by atoms with E-state index in [4.69, 9.17) is 4.74 Å². The number of ether oxygens (including phenoxy) is 1. The van der Waals surface area contributed by atoms with E-state index in [1.54, 1.807) is 7.11 Å². The number of nitrogens with zero attached hydrogens (tertiary/aromatic N) is 1. The van der Waals surface area contributed by atoms with E-state index < -0.39 is 0 Å². The number of benzene rings is 1. The molecule has 2 N–H and O–H groups in total. The quantitative estimate of drug-likeness (QED) is 0.600. The maximum Gasteiger partial charge on any atom is 0.228 e. The Morgan fingerprint density at radius 3 is 2.57 bits per heavy atom. The molecule has 1 atom stereocenters. The summed E-state index contributed by atoms with van der Waals surface area (Å²) < 4.78 is 5.18. The predicted molar refractivity (Wildman–Crippen MR) is 113 cm³/mol. The number of nitrogens with one attached hydrogen (secondary N) is 2. The lowest BCUT2D eigenvalue weighted by molar-refractivity contribution is -0.120. The maximum atomic E-state index is 12.5. The van der Waals surface area contributed by atoms with Gasteiger partial charge in [0.25, 0.3) is 0 Å². The van der Waals surface area contributed by atoms with Gasteiger partial charge >= 0.3 is 0 Å². The second-order valence-electron chi connectivity index (χ2n) is 6.17. The van der Waals surface area contributed by atoms with Gasteiger partial charge in [-0.2, -0.15) is 0 Å². The van der Waals surface area contributed by atoms with Crippen molar-refractivity contribution in [3.8, 4) is 17.0 Å². The van der Waals surface area contributed by atoms with Crippen molar-refractivity contribution < 1.29 is 14.3 Å². The smallest absolute Gasteiger partial charge is 0.228 e. The van der Waals surface area contributed by atoms with Gasteiger partial charge in [-0.25, -0.2) is 4.98 Å². The van der Waals surface area contributed by atoms with Crippen molar-refractivity contribution >= 4 is 39.6 Å². The third-order valence-electron chi connectivity index (χ3n) is 4.06. The van der Waals surface area contributed by atoms with E-state index >= 15 is 0 Å². The van der Waals surface area contributed by atoms with Crippen molar-refractivity contribution in [2.45, 2.75) is 26.3 Å². The molecule has 0 aliphatic carbocycles. The molecule has 0 aliphatic rings. The molecule has 1 unspecified atom stereocenters. The van der Waals surface area contributed by atoms with Crippen LogP contribution in [0.5, 0.6) is 5.75 Å². The highest BCUT2D eigenvalue weighted by Crippen LogP contribution is 2.31. The fraction of sp³-hybridized carbons (Fsp3) is 0.250. The largest absolute Gasteiger partial charge is 0.497 e. The van der Waals surface area contributed by atoms with E-state index in [9.17, 15) is 9.59 Å². The van der Waals surface area contributed by atoms with Crippen LogP contribution in [0.1, 0.15) is 29.1 Å². The Labute approximate surface area is 171 Å². The van der Waals surface area contributed by atoms with Crippen molar-refractivity contribution in [3.05, 3.63) is 51.5 Å². The summed E-state index contributed by atoms with van der Waals surface area (Å²) in [6.07, 6.45) is 0.149. The van der Waals surface area contributed by atoms with Gasteiger partial charge in [0.15, 0.2) is 5.13 Å². The van der Waals surface area contributed by atoms with Crippen LogP contribution in [0, 0.1) is 6.92 Å². The molecule has 1 aromatic carbocycles. The number of methoxy groups -OCH3 is 1. The van der Waals surface area contributed by atoms with E-state index in [2.05, 4.69) is 15.6 Å². The van der Waals surface area contributed by atoms with Crippen LogP contribution in [0.2, 0.25) is 0 Å². The number of amides is 2. The van der Waals surface area contributed by atoms with E-state index in [-0.39, 0.29) is 24.3 Å². The van der Waals surface area contributed by atoms with Crippen LogP contribution in [0.25, 0.3) is 11.3 Å². The average Bonchev–Trinajstić information content (AvgIpc) is 3.31. The van der Waals surface area contributed by atoms with Gasteiger partial charge in [0.1, 0.15) is 5.75 Å². The molecule has 0 saturated heterocycles. The highest BCUT2D eigenvalue weighted by atomic mass is 32.1. The molecule has 0 bridgehead atoms. The van der Waals surface area contributed by atoms with Gasteiger partial charge in [-0.05, 0) is 42.6 Å². The Balaban J connectivity index is 1.70. The molecule has 8 heteroatoms. The molecular weight excluding hydrogens is 394 g/mol. The third-order valence-corrected chi connectivity index (χ3v) is 5.93. The van der Waals surface area contributed by atoms with Crippen LogP contribution in [-0.2, 0) is 9.59 Å². The van der Waals surface area contributed by atoms with Crippen molar-refractivity contribution in [3.63, 3.8) is 0 Å². The van der Waals surface area contributed by atoms with Gasteiger partial charge in [0.2, 0.25) is 11.8 Å². The molecule has 0 spiro atoms. The Kier molecular flexibility index (Phi) is 6.43. The van der Waals surface area contributed by atoms with Gasteiger partial charge in [0.05, 0.1) is 25.3 Å². The number of aromatic nitrogens is 1. The number of carbonyl (C=O) groups excluding carboxylic acids is 2. The lowest BCUT2D eigenvalue weighted by Crippen LogP contribution is -2.29. The number of anilines is 1. The van der Waals surface area contributed by atoms with E-state index in [0.717, 1.165) is 26.8 Å².